The van der Waals surface area contributed by atoms with E-state index in [0.29, 0.717) is 19.5 Å². The molecule has 4 heteroatoms. The van der Waals surface area contributed by atoms with Crippen molar-refractivity contribution in [3.05, 3.63) is 35.9 Å². The third-order valence-corrected chi connectivity index (χ3v) is 3.14. The van der Waals surface area contributed by atoms with Gasteiger partial charge in [-0.2, -0.15) is 0 Å². The molecule has 0 bridgehead atoms. The van der Waals surface area contributed by atoms with Gasteiger partial charge in [0.05, 0.1) is 12.6 Å². The normalized spacial score (nSPS) is 20.9. The highest BCUT2D eigenvalue weighted by Crippen LogP contribution is 2.19. The number of benzene rings is 1. The fraction of sp³-hybridized carbons (Fsp3) is 0.500. The van der Waals surface area contributed by atoms with Gasteiger partial charge in [0.1, 0.15) is 6.10 Å². The lowest BCUT2D eigenvalue weighted by atomic mass is 10.1. The molecule has 1 fully saturated rings. The summed E-state index contributed by atoms with van der Waals surface area (Å²) >= 11 is 0. The molecular formula is C14H19NO3. The first-order chi connectivity index (χ1) is 8.70. The summed E-state index contributed by atoms with van der Waals surface area (Å²) in [6, 6.07) is 9.78. The van der Waals surface area contributed by atoms with Crippen molar-refractivity contribution >= 4 is 6.09 Å². The van der Waals surface area contributed by atoms with Gasteiger partial charge in [-0.1, -0.05) is 43.7 Å². The molecule has 0 radical (unpaired) electrons. The number of nitrogens with zero attached hydrogens (tertiary/aromatic N) is 1. The zero-order chi connectivity index (χ0) is 13.0. The van der Waals surface area contributed by atoms with E-state index in [4.69, 9.17) is 4.74 Å². The molecule has 1 saturated heterocycles. The first-order valence-electron chi connectivity index (χ1n) is 6.38. The third-order valence-electron chi connectivity index (χ3n) is 3.14. The summed E-state index contributed by atoms with van der Waals surface area (Å²) in [4.78, 5) is 13.3. The molecule has 0 saturated carbocycles. The van der Waals surface area contributed by atoms with E-state index in [1.165, 1.54) is 0 Å². The van der Waals surface area contributed by atoms with Gasteiger partial charge in [0.2, 0.25) is 0 Å². The highest BCUT2D eigenvalue weighted by molar-refractivity contribution is 5.70. The second-order valence-corrected chi connectivity index (χ2v) is 4.64. The van der Waals surface area contributed by atoms with Crippen molar-refractivity contribution in [1.29, 1.82) is 0 Å². The standard InChI is InChI=1S/C14H19NO3/c1-2-6-12(16)13-10-15(14(17)18-13)9-11-7-4-3-5-8-11/h3-5,7-8,12-13,16H,2,6,9-10H2,1H3/t12-,13+/m0/s1. The van der Waals surface area contributed by atoms with Gasteiger partial charge in [-0.25, -0.2) is 4.79 Å². The smallest absolute Gasteiger partial charge is 0.410 e. The molecular weight excluding hydrogens is 230 g/mol. The van der Waals surface area contributed by atoms with Gasteiger partial charge < -0.3 is 14.7 Å². The zero-order valence-corrected chi connectivity index (χ0v) is 10.6. The summed E-state index contributed by atoms with van der Waals surface area (Å²) in [5, 5.41) is 9.85. The Morgan fingerprint density at radius 1 is 1.44 bits per heavy atom. The molecule has 2 atom stereocenters. The van der Waals surface area contributed by atoms with Gasteiger partial charge in [-0.05, 0) is 12.0 Å². The van der Waals surface area contributed by atoms with Crippen LogP contribution >= 0.6 is 0 Å². The topological polar surface area (TPSA) is 49.8 Å². The number of aliphatic hydroxyl groups excluding tert-OH is 1. The largest absolute Gasteiger partial charge is 0.441 e. The van der Waals surface area contributed by atoms with E-state index in [0.717, 1.165) is 12.0 Å². The molecule has 1 amide bonds. The maximum absolute atomic E-state index is 11.7. The lowest BCUT2D eigenvalue weighted by Gasteiger charge is -2.15. The van der Waals surface area contributed by atoms with Crippen LogP contribution in [0.15, 0.2) is 30.3 Å². The van der Waals surface area contributed by atoms with Crippen LogP contribution in [0.4, 0.5) is 4.79 Å². The maximum Gasteiger partial charge on any atom is 0.410 e. The van der Waals surface area contributed by atoms with Crippen molar-refractivity contribution in [1.82, 2.24) is 4.90 Å². The molecule has 1 N–H and O–H groups in total. The Balaban J connectivity index is 1.93. The predicted molar refractivity (Wildman–Crippen MR) is 68.0 cm³/mol. The minimum Gasteiger partial charge on any atom is -0.441 e. The molecule has 0 unspecified atom stereocenters. The molecule has 18 heavy (non-hydrogen) atoms. The van der Waals surface area contributed by atoms with E-state index in [1.54, 1.807) is 4.90 Å². The van der Waals surface area contributed by atoms with Crippen molar-refractivity contribution in [2.45, 2.75) is 38.5 Å². The fourth-order valence-corrected chi connectivity index (χ4v) is 2.15. The molecule has 0 aliphatic carbocycles. The zero-order valence-electron chi connectivity index (χ0n) is 10.6. The van der Waals surface area contributed by atoms with E-state index in [1.807, 2.05) is 37.3 Å². The van der Waals surface area contributed by atoms with E-state index in [2.05, 4.69) is 0 Å². The summed E-state index contributed by atoms with van der Waals surface area (Å²) in [5.74, 6) is 0. The molecule has 1 aliphatic rings. The predicted octanol–water partition coefficient (Wildman–Crippen LogP) is 2.17. The molecule has 98 valence electrons. The SMILES string of the molecule is CCC[C@H](O)[C@H]1CN(Cc2ccccc2)C(=O)O1. The average Bonchev–Trinajstić information content (AvgIpc) is 2.73. The van der Waals surface area contributed by atoms with Gasteiger partial charge in [0.15, 0.2) is 0 Å². The van der Waals surface area contributed by atoms with Crippen molar-refractivity contribution in [2.24, 2.45) is 0 Å². The number of hydrogen-bond acceptors (Lipinski definition) is 3. The van der Waals surface area contributed by atoms with Crippen molar-refractivity contribution in [3.8, 4) is 0 Å². The van der Waals surface area contributed by atoms with Crippen LogP contribution in [0.25, 0.3) is 0 Å². The number of rotatable bonds is 5. The van der Waals surface area contributed by atoms with Gasteiger partial charge in [0, 0.05) is 6.54 Å². The summed E-state index contributed by atoms with van der Waals surface area (Å²) in [6.45, 7) is 3.01. The van der Waals surface area contributed by atoms with Crippen LogP contribution in [0, 0.1) is 0 Å². The number of carbonyl (C=O) groups excluding carboxylic acids is 1. The van der Waals surface area contributed by atoms with E-state index >= 15 is 0 Å². The van der Waals surface area contributed by atoms with Gasteiger partial charge in [-0.3, -0.25) is 0 Å². The van der Waals surface area contributed by atoms with Gasteiger partial charge in [0.25, 0.3) is 0 Å². The second kappa shape index (κ2) is 5.87. The monoisotopic (exact) mass is 249 g/mol. The number of amides is 1. The van der Waals surface area contributed by atoms with Crippen molar-refractivity contribution in [2.75, 3.05) is 6.54 Å². The van der Waals surface area contributed by atoms with Gasteiger partial charge >= 0.3 is 6.09 Å². The molecule has 4 nitrogen and oxygen atoms in total. The summed E-state index contributed by atoms with van der Waals surface area (Å²) in [7, 11) is 0. The summed E-state index contributed by atoms with van der Waals surface area (Å²) in [5.41, 5.74) is 1.07. The first kappa shape index (κ1) is 12.9. The summed E-state index contributed by atoms with van der Waals surface area (Å²) < 4.78 is 5.20. The second-order valence-electron chi connectivity index (χ2n) is 4.64. The van der Waals surface area contributed by atoms with Crippen molar-refractivity contribution < 1.29 is 14.6 Å². The number of ether oxygens (including phenoxy) is 1. The maximum atomic E-state index is 11.7. The van der Waals surface area contributed by atoms with E-state index < -0.39 is 6.10 Å². The Hall–Kier alpha value is -1.55. The van der Waals surface area contributed by atoms with Crippen molar-refractivity contribution in [3.63, 3.8) is 0 Å². The summed E-state index contributed by atoms with van der Waals surface area (Å²) in [6.07, 6.45) is 0.269. The quantitative estimate of drug-likeness (QED) is 0.870. The Bertz CT molecular complexity index is 393. The van der Waals surface area contributed by atoms with Gasteiger partial charge in [-0.15, -0.1) is 0 Å². The fourth-order valence-electron chi connectivity index (χ4n) is 2.15. The Kier molecular flexibility index (Phi) is 4.20. The molecule has 0 spiro atoms. The highest BCUT2D eigenvalue weighted by atomic mass is 16.6. The Morgan fingerprint density at radius 2 is 2.17 bits per heavy atom. The van der Waals surface area contributed by atoms with E-state index in [9.17, 15) is 9.90 Å². The third kappa shape index (κ3) is 3.01. The van der Waals surface area contributed by atoms with Crippen LogP contribution in [0.3, 0.4) is 0 Å². The highest BCUT2D eigenvalue weighted by Gasteiger charge is 2.35. The Labute approximate surface area is 107 Å². The van der Waals surface area contributed by atoms with E-state index in [-0.39, 0.29) is 12.2 Å². The molecule has 1 heterocycles. The minimum absolute atomic E-state index is 0.334. The lowest BCUT2D eigenvalue weighted by molar-refractivity contribution is 0.0276. The molecule has 2 rings (SSSR count). The molecule has 0 aromatic heterocycles. The lowest BCUT2D eigenvalue weighted by Crippen LogP contribution is -2.30. The number of aliphatic hydroxyl groups is 1. The van der Waals surface area contributed by atoms with Crippen LogP contribution in [0.5, 0.6) is 0 Å². The minimum atomic E-state index is -0.556. The molecule has 1 aliphatic heterocycles. The number of carbonyl (C=O) groups is 1. The first-order valence-corrected chi connectivity index (χ1v) is 6.38. The van der Waals surface area contributed by atoms with Crippen LogP contribution in [-0.4, -0.2) is 34.9 Å². The van der Waals surface area contributed by atoms with Crippen LogP contribution < -0.4 is 0 Å². The average molecular weight is 249 g/mol. The van der Waals surface area contributed by atoms with Crippen LogP contribution in [0.1, 0.15) is 25.3 Å². The Morgan fingerprint density at radius 3 is 2.83 bits per heavy atom. The molecule has 1 aromatic rings. The van der Waals surface area contributed by atoms with Crippen LogP contribution in [0.2, 0.25) is 0 Å². The number of hydrogen-bond donors (Lipinski definition) is 1. The number of cyclic esters (lactones) is 1. The van der Waals surface area contributed by atoms with Crippen LogP contribution in [-0.2, 0) is 11.3 Å². The molecule has 1 aromatic carbocycles.